The first-order valence-electron chi connectivity index (χ1n) is 6.74. The van der Waals surface area contributed by atoms with E-state index in [2.05, 4.69) is 15.6 Å². The molecule has 5 N–H and O–H groups in total. The van der Waals surface area contributed by atoms with Crippen LogP contribution in [0.2, 0.25) is 5.15 Å². The van der Waals surface area contributed by atoms with Crippen LogP contribution >= 0.6 is 11.6 Å². The van der Waals surface area contributed by atoms with E-state index in [1.807, 2.05) is 0 Å². The number of nitrogens with one attached hydrogen (secondary N) is 2. The Bertz CT molecular complexity index is 699. The van der Waals surface area contributed by atoms with E-state index in [4.69, 9.17) is 22.4 Å². The van der Waals surface area contributed by atoms with Crippen molar-refractivity contribution in [1.82, 2.24) is 4.98 Å². The second kappa shape index (κ2) is 7.46. The summed E-state index contributed by atoms with van der Waals surface area (Å²) < 4.78 is 0. The predicted octanol–water partition coefficient (Wildman–Crippen LogP) is 2.46. The van der Waals surface area contributed by atoms with E-state index >= 15 is 0 Å². The zero-order valence-electron chi connectivity index (χ0n) is 12.0. The molecule has 0 radical (unpaired) electrons. The average Bonchev–Trinajstić information content (AvgIpc) is 2.46. The largest absolute Gasteiger partial charge is 0.478 e. The number of rotatable bonds is 6. The van der Waals surface area contributed by atoms with Crippen molar-refractivity contribution >= 4 is 40.7 Å². The molecule has 0 bridgehead atoms. The Morgan fingerprint density at radius 1 is 1.17 bits per heavy atom. The molecule has 0 aliphatic carbocycles. The third-order valence-corrected chi connectivity index (χ3v) is 3.10. The summed E-state index contributed by atoms with van der Waals surface area (Å²) in [7, 11) is 0. The van der Waals surface area contributed by atoms with Gasteiger partial charge in [-0.1, -0.05) is 11.6 Å². The minimum atomic E-state index is -1.01. The molecule has 7 nitrogen and oxygen atoms in total. The standard InChI is InChI=1S/C15H15ClN4O3/c16-12-7-11(8-13(17)20-12)18-6-5-14(21)19-10-3-1-9(2-4-10)15(22)23/h1-4,7-8H,5-6H2,(H,19,21)(H,22,23)(H3,17,18,20). The average molecular weight is 335 g/mol. The topological polar surface area (TPSA) is 117 Å². The van der Waals surface area contributed by atoms with Crippen molar-refractivity contribution in [3.05, 3.63) is 47.1 Å². The number of carbonyl (C=O) groups excluding carboxylic acids is 1. The lowest BCUT2D eigenvalue weighted by molar-refractivity contribution is -0.115. The van der Waals surface area contributed by atoms with Crippen LogP contribution in [0.3, 0.4) is 0 Å². The van der Waals surface area contributed by atoms with E-state index < -0.39 is 5.97 Å². The molecule has 0 saturated heterocycles. The van der Waals surface area contributed by atoms with Gasteiger partial charge < -0.3 is 21.5 Å². The Morgan fingerprint density at radius 3 is 2.48 bits per heavy atom. The van der Waals surface area contributed by atoms with E-state index in [-0.39, 0.29) is 23.0 Å². The summed E-state index contributed by atoms with van der Waals surface area (Å²) in [6.45, 7) is 0.388. The van der Waals surface area contributed by atoms with Gasteiger partial charge in [0, 0.05) is 30.4 Å². The van der Waals surface area contributed by atoms with Gasteiger partial charge in [0.25, 0.3) is 0 Å². The van der Waals surface area contributed by atoms with Gasteiger partial charge in [0.05, 0.1) is 5.56 Å². The molecule has 1 aromatic heterocycles. The lowest BCUT2D eigenvalue weighted by atomic mass is 10.2. The molecular formula is C15H15ClN4O3. The fourth-order valence-corrected chi connectivity index (χ4v) is 2.07. The van der Waals surface area contributed by atoms with Crippen LogP contribution in [-0.4, -0.2) is 28.5 Å². The van der Waals surface area contributed by atoms with Gasteiger partial charge in [0.1, 0.15) is 11.0 Å². The minimum Gasteiger partial charge on any atom is -0.478 e. The van der Waals surface area contributed by atoms with Crippen LogP contribution in [0.15, 0.2) is 36.4 Å². The van der Waals surface area contributed by atoms with Crippen LogP contribution in [0.4, 0.5) is 17.2 Å². The number of aromatic nitrogens is 1. The van der Waals surface area contributed by atoms with Crippen LogP contribution in [0, 0.1) is 0 Å². The van der Waals surface area contributed by atoms with E-state index in [0.29, 0.717) is 23.7 Å². The Morgan fingerprint density at radius 2 is 1.87 bits per heavy atom. The summed E-state index contributed by atoms with van der Waals surface area (Å²) >= 11 is 5.78. The maximum Gasteiger partial charge on any atom is 0.335 e. The molecule has 1 heterocycles. The molecule has 1 amide bonds. The van der Waals surface area contributed by atoms with Crippen molar-refractivity contribution in [3.8, 4) is 0 Å². The zero-order chi connectivity index (χ0) is 16.8. The maximum absolute atomic E-state index is 11.8. The van der Waals surface area contributed by atoms with Gasteiger partial charge in [-0.25, -0.2) is 9.78 Å². The molecule has 2 aromatic rings. The number of nitrogens with two attached hydrogens (primary N) is 1. The fourth-order valence-electron chi connectivity index (χ4n) is 1.86. The molecule has 0 aliphatic rings. The number of nitrogens with zero attached hydrogens (tertiary/aromatic N) is 1. The highest BCUT2D eigenvalue weighted by Crippen LogP contribution is 2.16. The first kappa shape index (κ1) is 16.6. The number of nitrogen functional groups attached to an aromatic ring is 1. The normalized spacial score (nSPS) is 10.1. The number of halogens is 1. The van der Waals surface area contributed by atoms with Gasteiger partial charge in [0.15, 0.2) is 0 Å². The second-order valence-electron chi connectivity index (χ2n) is 4.71. The molecule has 0 fully saturated rings. The van der Waals surface area contributed by atoms with Crippen LogP contribution in [-0.2, 0) is 4.79 Å². The van der Waals surface area contributed by atoms with E-state index in [1.165, 1.54) is 24.3 Å². The van der Waals surface area contributed by atoms with Crippen LogP contribution < -0.4 is 16.4 Å². The van der Waals surface area contributed by atoms with E-state index in [0.717, 1.165) is 0 Å². The molecule has 0 spiro atoms. The van der Waals surface area contributed by atoms with Crippen LogP contribution in [0.1, 0.15) is 16.8 Å². The molecule has 0 unspecified atom stereocenters. The molecular weight excluding hydrogens is 320 g/mol. The monoisotopic (exact) mass is 334 g/mol. The third-order valence-electron chi connectivity index (χ3n) is 2.91. The smallest absolute Gasteiger partial charge is 0.335 e. The maximum atomic E-state index is 11.8. The number of pyridine rings is 1. The van der Waals surface area contributed by atoms with E-state index in [1.54, 1.807) is 12.1 Å². The van der Waals surface area contributed by atoms with Crippen molar-refractivity contribution in [3.63, 3.8) is 0 Å². The second-order valence-corrected chi connectivity index (χ2v) is 5.10. The quantitative estimate of drug-likeness (QED) is 0.603. The van der Waals surface area contributed by atoms with Gasteiger partial charge >= 0.3 is 5.97 Å². The number of carboxylic acid groups (broad SMARTS) is 1. The fraction of sp³-hybridized carbons (Fsp3) is 0.133. The zero-order valence-corrected chi connectivity index (χ0v) is 12.8. The van der Waals surface area contributed by atoms with Crippen molar-refractivity contribution in [2.45, 2.75) is 6.42 Å². The summed E-state index contributed by atoms with van der Waals surface area (Å²) in [4.78, 5) is 26.4. The van der Waals surface area contributed by atoms with Gasteiger partial charge in [0.2, 0.25) is 5.91 Å². The SMILES string of the molecule is Nc1cc(NCCC(=O)Nc2ccc(C(=O)O)cc2)cc(Cl)n1. The number of hydrogen-bond donors (Lipinski definition) is 4. The van der Waals surface area contributed by atoms with Gasteiger partial charge in [-0.3, -0.25) is 4.79 Å². The van der Waals surface area contributed by atoms with Crippen molar-refractivity contribution in [2.75, 3.05) is 22.9 Å². The van der Waals surface area contributed by atoms with Gasteiger partial charge in [-0.2, -0.15) is 0 Å². The Hall–Kier alpha value is -2.80. The third kappa shape index (κ3) is 5.15. The molecule has 8 heteroatoms. The summed E-state index contributed by atoms with van der Waals surface area (Å²) in [5.41, 5.74) is 6.95. The number of benzene rings is 1. The number of carboxylic acids is 1. The first-order valence-corrected chi connectivity index (χ1v) is 7.12. The summed E-state index contributed by atoms with van der Waals surface area (Å²) in [6.07, 6.45) is 0.223. The molecule has 2 rings (SSSR count). The van der Waals surface area contributed by atoms with E-state index in [9.17, 15) is 9.59 Å². The van der Waals surface area contributed by atoms with Crippen molar-refractivity contribution in [1.29, 1.82) is 0 Å². The molecule has 0 atom stereocenters. The number of carbonyl (C=O) groups is 2. The molecule has 0 saturated carbocycles. The highest BCUT2D eigenvalue weighted by molar-refractivity contribution is 6.29. The Kier molecular flexibility index (Phi) is 5.37. The summed E-state index contributed by atoms with van der Waals surface area (Å²) in [6, 6.07) is 9.17. The van der Waals surface area contributed by atoms with Gasteiger partial charge in [-0.15, -0.1) is 0 Å². The van der Waals surface area contributed by atoms with Crippen LogP contribution in [0.25, 0.3) is 0 Å². The minimum absolute atomic E-state index is 0.164. The first-order chi connectivity index (χ1) is 10.9. The molecule has 23 heavy (non-hydrogen) atoms. The predicted molar refractivity (Wildman–Crippen MR) is 88.8 cm³/mol. The number of amides is 1. The Balaban J connectivity index is 1.81. The van der Waals surface area contributed by atoms with Crippen molar-refractivity contribution < 1.29 is 14.7 Å². The molecule has 120 valence electrons. The highest BCUT2D eigenvalue weighted by Gasteiger charge is 2.05. The number of hydrogen-bond acceptors (Lipinski definition) is 5. The summed E-state index contributed by atoms with van der Waals surface area (Å²) in [5, 5.41) is 14.8. The lowest BCUT2D eigenvalue weighted by Crippen LogP contribution is -2.16. The summed E-state index contributed by atoms with van der Waals surface area (Å²) in [5.74, 6) is -0.918. The van der Waals surface area contributed by atoms with Crippen LogP contribution in [0.5, 0.6) is 0 Å². The number of anilines is 3. The van der Waals surface area contributed by atoms with Gasteiger partial charge in [-0.05, 0) is 30.3 Å². The van der Waals surface area contributed by atoms with Crippen molar-refractivity contribution in [2.24, 2.45) is 0 Å². The molecule has 0 aliphatic heterocycles. The number of aromatic carboxylic acids is 1. The Labute approximate surface area is 137 Å². The molecule has 1 aromatic carbocycles. The lowest BCUT2D eigenvalue weighted by Gasteiger charge is -2.08. The highest BCUT2D eigenvalue weighted by atomic mass is 35.5.